The van der Waals surface area contributed by atoms with Crippen molar-refractivity contribution in [1.82, 2.24) is 19.9 Å². The molecule has 2 aromatic heterocycles. The highest BCUT2D eigenvalue weighted by atomic mass is 32.1. The number of hydrogen-bond donors (Lipinski definition) is 4. The van der Waals surface area contributed by atoms with Crippen LogP contribution in [0.4, 0.5) is 11.5 Å². The molecule has 0 amide bonds. The molecule has 0 bridgehead atoms. The minimum absolute atomic E-state index is 0.192. The largest absolute Gasteiger partial charge is 0.372 e. The van der Waals surface area contributed by atoms with Gasteiger partial charge >= 0.3 is 0 Å². The molecular formula is C18H23N7O2S. The average molecular weight is 401 g/mol. The molecule has 0 spiro atoms. The topological polar surface area (TPSA) is 121 Å². The summed E-state index contributed by atoms with van der Waals surface area (Å²) in [7, 11) is 0. The number of anilines is 2. The Labute approximate surface area is 165 Å². The van der Waals surface area contributed by atoms with E-state index in [1.807, 2.05) is 24.3 Å². The maximum Gasteiger partial charge on any atom is 0.277 e. The first-order chi connectivity index (χ1) is 13.5. The van der Waals surface area contributed by atoms with Gasteiger partial charge < -0.3 is 26.4 Å². The van der Waals surface area contributed by atoms with Crippen LogP contribution in [0.2, 0.25) is 0 Å². The first kappa shape index (κ1) is 18.8. The summed E-state index contributed by atoms with van der Waals surface area (Å²) in [5, 5.41) is 21.3. The van der Waals surface area contributed by atoms with Crippen molar-refractivity contribution in [1.29, 1.82) is 0 Å². The number of nitrogens with zero attached hydrogens (tertiary/aromatic N) is 4. The van der Waals surface area contributed by atoms with Crippen LogP contribution < -0.4 is 26.8 Å². The average Bonchev–Trinajstić information content (AvgIpc) is 3.14. The molecule has 28 heavy (non-hydrogen) atoms. The number of nitrogens with one attached hydrogen (secondary N) is 2. The van der Waals surface area contributed by atoms with E-state index in [9.17, 15) is 9.90 Å². The van der Waals surface area contributed by atoms with E-state index in [4.69, 9.17) is 5.73 Å². The van der Waals surface area contributed by atoms with Crippen LogP contribution in [0, 0.1) is 0 Å². The lowest BCUT2D eigenvalue weighted by molar-refractivity contribution is 0.179. The molecule has 0 radical (unpaired) electrons. The predicted molar refractivity (Wildman–Crippen MR) is 111 cm³/mol. The van der Waals surface area contributed by atoms with Crippen molar-refractivity contribution in [3.8, 4) is 10.6 Å². The van der Waals surface area contributed by atoms with Gasteiger partial charge in [0.05, 0.1) is 0 Å². The zero-order chi connectivity index (χ0) is 19.7. The van der Waals surface area contributed by atoms with Gasteiger partial charge in [0.25, 0.3) is 5.56 Å². The zero-order valence-electron chi connectivity index (χ0n) is 15.5. The van der Waals surface area contributed by atoms with Crippen LogP contribution in [-0.4, -0.2) is 58.2 Å². The van der Waals surface area contributed by atoms with Crippen molar-refractivity contribution in [2.24, 2.45) is 5.73 Å². The fraction of sp³-hybridized carbons (Fsp3) is 0.389. The molecule has 148 valence electrons. The summed E-state index contributed by atoms with van der Waals surface area (Å²) in [6.45, 7) is 5.13. The number of aliphatic hydroxyl groups excluding tert-OH is 1. The van der Waals surface area contributed by atoms with E-state index in [0.717, 1.165) is 37.4 Å². The Balaban J connectivity index is 1.66. The van der Waals surface area contributed by atoms with E-state index in [1.165, 1.54) is 15.9 Å². The van der Waals surface area contributed by atoms with Gasteiger partial charge in [-0.2, -0.15) is 9.61 Å². The molecule has 0 saturated carbocycles. The highest BCUT2D eigenvalue weighted by molar-refractivity contribution is 7.19. The molecular weight excluding hydrogens is 378 g/mol. The van der Waals surface area contributed by atoms with E-state index in [1.54, 1.807) is 13.0 Å². The molecule has 3 heterocycles. The van der Waals surface area contributed by atoms with Gasteiger partial charge in [-0.1, -0.05) is 23.5 Å². The molecule has 1 fully saturated rings. The second-order valence-electron chi connectivity index (χ2n) is 6.82. The minimum atomic E-state index is -0.850. The van der Waals surface area contributed by atoms with Crippen molar-refractivity contribution in [3.05, 3.63) is 40.7 Å². The second kappa shape index (κ2) is 7.84. The molecule has 1 aliphatic rings. The number of hydrogen-bond acceptors (Lipinski definition) is 9. The molecule has 9 nitrogen and oxygen atoms in total. The van der Waals surface area contributed by atoms with E-state index >= 15 is 0 Å². The Hall–Kier alpha value is -2.53. The number of benzene rings is 1. The third kappa shape index (κ3) is 3.85. The molecule has 0 aliphatic carbocycles. The van der Waals surface area contributed by atoms with Gasteiger partial charge in [-0.05, 0) is 19.1 Å². The molecule has 3 aromatic rings. The molecule has 5 N–H and O–H groups in total. The van der Waals surface area contributed by atoms with Crippen LogP contribution >= 0.6 is 11.3 Å². The summed E-state index contributed by atoms with van der Waals surface area (Å²) in [4.78, 5) is 19.9. The number of rotatable bonds is 5. The van der Waals surface area contributed by atoms with Gasteiger partial charge in [0, 0.05) is 49.5 Å². The summed E-state index contributed by atoms with van der Waals surface area (Å²) in [6, 6.07) is 8.61. The third-order valence-corrected chi connectivity index (χ3v) is 5.55. The lowest BCUT2D eigenvalue weighted by atomic mass is 10.2. The van der Waals surface area contributed by atoms with Crippen LogP contribution in [0.25, 0.3) is 15.5 Å². The fourth-order valence-electron chi connectivity index (χ4n) is 3.02. The van der Waals surface area contributed by atoms with Gasteiger partial charge in [0.1, 0.15) is 17.1 Å². The van der Waals surface area contributed by atoms with Crippen molar-refractivity contribution in [2.45, 2.75) is 19.2 Å². The molecule has 4 rings (SSSR count). The number of piperazine rings is 1. The van der Waals surface area contributed by atoms with Crippen LogP contribution in [-0.2, 0) is 0 Å². The molecule has 2 unspecified atom stereocenters. The highest BCUT2D eigenvalue weighted by Crippen LogP contribution is 2.27. The lowest BCUT2D eigenvalue weighted by Gasteiger charge is -2.27. The van der Waals surface area contributed by atoms with Crippen molar-refractivity contribution >= 4 is 27.8 Å². The lowest BCUT2D eigenvalue weighted by Crippen LogP contribution is -2.44. The second-order valence-corrected chi connectivity index (χ2v) is 7.78. The quantitative estimate of drug-likeness (QED) is 0.451. The maximum absolute atomic E-state index is 12.5. The summed E-state index contributed by atoms with van der Waals surface area (Å²) in [5.74, 6) is 0.692. The van der Waals surface area contributed by atoms with Gasteiger partial charge in [-0.25, -0.2) is 4.98 Å². The van der Waals surface area contributed by atoms with Gasteiger partial charge in [-0.15, -0.1) is 0 Å². The monoisotopic (exact) mass is 401 g/mol. The predicted octanol–water partition coefficient (Wildman–Crippen LogP) is 0.305. The first-order valence-electron chi connectivity index (χ1n) is 9.18. The number of fused-ring (bicyclic) bond motifs is 1. The Morgan fingerprint density at radius 1 is 1.32 bits per heavy atom. The smallest absolute Gasteiger partial charge is 0.277 e. The Bertz CT molecular complexity index is 1030. The number of nitrogens with two attached hydrogens (primary N) is 1. The van der Waals surface area contributed by atoms with Gasteiger partial charge in [0.2, 0.25) is 4.96 Å². The van der Waals surface area contributed by atoms with Crippen LogP contribution in [0.3, 0.4) is 0 Å². The SMILES string of the molecule is CC(N)C(O)Nc1cccc(-c2nn3c(=O)cc(N4CCNCC4)nc3s2)c1. The highest BCUT2D eigenvalue weighted by Gasteiger charge is 2.16. The van der Waals surface area contributed by atoms with Gasteiger partial charge in [0.15, 0.2) is 0 Å². The maximum atomic E-state index is 12.5. The van der Waals surface area contributed by atoms with Gasteiger partial charge in [-0.3, -0.25) is 4.79 Å². The Morgan fingerprint density at radius 3 is 2.86 bits per heavy atom. The first-order valence-corrected chi connectivity index (χ1v) is 10.00. The van der Waals surface area contributed by atoms with E-state index in [0.29, 0.717) is 15.8 Å². The van der Waals surface area contributed by atoms with Crippen LogP contribution in [0.1, 0.15) is 6.92 Å². The molecule has 2 atom stereocenters. The molecule has 10 heteroatoms. The summed E-state index contributed by atoms with van der Waals surface area (Å²) < 4.78 is 1.34. The zero-order valence-corrected chi connectivity index (χ0v) is 16.3. The van der Waals surface area contributed by atoms with Crippen molar-refractivity contribution in [2.75, 3.05) is 36.4 Å². The normalized spacial score (nSPS) is 16.9. The Morgan fingerprint density at radius 2 is 2.11 bits per heavy atom. The minimum Gasteiger partial charge on any atom is -0.372 e. The molecule has 1 saturated heterocycles. The van der Waals surface area contributed by atoms with Crippen LogP contribution in [0.5, 0.6) is 0 Å². The summed E-state index contributed by atoms with van der Waals surface area (Å²) in [6.07, 6.45) is -0.850. The third-order valence-electron chi connectivity index (χ3n) is 4.59. The van der Waals surface area contributed by atoms with Crippen molar-refractivity contribution in [3.63, 3.8) is 0 Å². The summed E-state index contributed by atoms with van der Waals surface area (Å²) >= 11 is 1.36. The van der Waals surface area contributed by atoms with E-state index in [-0.39, 0.29) is 5.56 Å². The fourth-order valence-corrected chi connectivity index (χ4v) is 3.91. The Kier molecular flexibility index (Phi) is 5.27. The van der Waals surface area contributed by atoms with E-state index < -0.39 is 12.3 Å². The number of aromatic nitrogens is 3. The summed E-state index contributed by atoms with van der Waals surface area (Å²) in [5.41, 5.74) is 7.07. The molecule has 1 aliphatic heterocycles. The van der Waals surface area contributed by atoms with Crippen molar-refractivity contribution < 1.29 is 5.11 Å². The standard InChI is InChI=1S/C18H23N7O2S/c1-11(19)16(27)21-13-4-2-3-12(9-13)17-23-25-15(26)10-14(22-18(25)28-17)24-7-5-20-6-8-24/h2-4,9-11,16,20-21,27H,5-8,19H2,1H3. The van der Waals surface area contributed by atoms with Crippen LogP contribution in [0.15, 0.2) is 35.1 Å². The van der Waals surface area contributed by atoms with E-state index in [2.05, 4.69) is 25.6 Å². The molecule has 1 aromatic carbocycles. The number of aliphatic hydroxyl groups is 1.